The van der Waals surface area contributed by atoms with E-state index in [1.807, 2.05) is 0 Å². The van der Waals surface area contributed by atoms with E-state index in [1.54, 1.807) is 0 Å². The Balaban J connectivity index is 1.94. The van der Waals surface area contributed by atoms with Gasteiger partial charge >= 0.3 is 0 Å². The smallest absolute Gasteiger partial charge is 0.0336 e. The second kappa shape index (κ2) is 13.5. The first-order valence-electron chi connectivity index (χ1n) is 8.68. The minimum Gasteiger partial charge on any atom is -0.0654 e. The Kier molecular flexibility index (Phi) is 12.2. The quantitative estimate of drug-likeness (QED) is 0.337. The van der Waals surface area contributed by atoms with Crippen LogP contribution >= 0.6 is 21.7 Å². The molecule has 0 aromatic heterocycles. The Labute approximate surface area is 140 Å². The lowest BCUT2D eigenvalue weighted by Crippen LogP contribution is -1.88. The molecule has 0 heterocycles. The maximum absolute atomic E-state index is 5.67. The molecule has 0 amide bonds. The van der Waals surface area contributed by atoms with Crippen LogP contribution in [0.3, 0.4) is 0 Å². The zero-order valence-electron chi connectivity index (χ0n) is 13.6. The van der Waals surface area contributed by atoms with Gasteiger partial charge in [-0.2, -0.15) is 0 Å². The summed E-state index contributed by atoms with van der Waals surface area (Å²) < 4.78 is 0. The maximum atomic E-state index is 5.67. The first-order valence-corrected chi connectivity index (χ1v) is 10.5. The summed E-state index contributed by atoms with van der Waals surface area (Å²) in [6.07, 6.45) is 15.3. The topological polar surface area (TPSA) is 0 Å². The van der Waals surface area contributed by atoms with Crippen LogP contribution in [0.25, 0.3) is 0 Å². The van der Waals surface area contributed by atoms with Gasteiger partial charge in [0.05, 0.1) is 0 Å². The van der Waals surface area contributed by atoms with E-state index in [4.69, 9.17) is 10.7 Å². The fourth-order valence-electron chi connectivity index (χ4n) is 2.68. The third-order valence-electron chi connectivity index (χ3n) is 4.06. The van der Waals surface area contributed by atoms with Gasteiger partial charge in [-0.1, -0.05) is 100.0 Å². The number of unbranched alkanes of at least 4 members (excludes halogenated alkanes) is 9. The van der Waals surface area contributed by atoms with Crippen molar-refractivity contribution in [2.24, 2.45) is 0 Å². The lowest BCUT2D eigenvalue weighted by molar-refractivity contribution is 0.556. The van der Waals surface area contributed by atoms with E-state index >= 15 is 0 Å². The van der Waals surface area contributed by atoms with Crippen molar-refractivity contribution in [1.29, 1.82) is 0 Å². The van der Waals surface area contributed by atoms with Gasteiger partial charge in [-0.3, -0.25) is 0 Å². The SMILES string of the molecule is CCCCCCCCCCCCc1ccc(CSCl)cc1. The van der Waals surface area contributed by atoms with E-state index in [0.29, 0.717) is 0 Å². The normalized spacial score (nSPS) is 11.0. The van der Waals surface area contributed by atoms with E-state index in [1.165, 1.54) is 92.7 Å². The minimum atomic E-state index is 0.903. The van der Waals surface area contributed by atoms with Gasteiger partial charge in [-0.05, 0) is 34.7 Å². The molecule has 0 saturated carbocycles. The molecule has 0 spiro atoms. The Morgan fingerprint density at radius 2 is 1.19 bits per heavy atom. The van der Waals surface area contributed by atoms with Crippen LogP contribution in [0.1, 0.15) is 82.3 Å². The molecule has 0 nitrogen and oxygen atoms in total. The molecule has 0 unspecified atom stereocenters. The van der Waals surface area contributed by atoms with Crippen molar-refractivity contribution in [2.45, 2.75) is 83.3 Å². The summed E-state index contributed by atoms with van der Waals surface area (Å²) in [5.74, 6) is 0.903. The second-order valence-electron chi connectivity index (χ2n) is 6.00. The average molecular weight is 327 g/mol. The van der Waals surface area contributed by atoms with Crippen LogP contribution in [0, 0.1) is 0 Å². The van der Waals surface area contributed by atoms with Gasteiger partial charge in [0.1, 0.15) is 0 Å². The lowest BCUT2D eigenvalue weighted by Gasteiger charge is -2.04. The number of aryl methyl sites for hydroxylation is 1. The maximum Gasteiger partial charge on any atom is 0.0336 e. The number of hydrogen-bond donors (Lipinski definition) is 0. The summed E-state index contributed by atoms with van der Waals surface area (Å²) in [5, 5.41) is 0. The van der Waals surface area contributed by atoms with Gasteiger partial charge < -0.3 is 0 Å². The van der Waals surface area contributed by atoms with E-state index in [-0.39, 0.29) is 0 Å². The molecule has 0 radical (unpaired) electrons. The Morgan fingerprint density at radius 1 is 0.714 bits per heavy atom. The van der Waals surface area contributed by atoms with Gasteiger partial charge in [0.15, 0.2) is 0 Å². The van der Waals surface area contributed by atoms with Crippen molar-refractivity contribution in [3.63, 3.8) is 0 Å². The van der Waals surface area contributed by atoms with Gasteiger partial charge in [0.25, 0.3) is 0 Å². The lowest BCUT2D eigenvalue weighted by atomic mass is 10.0. The summed E-state index contributed by atoms with van der Waals surface area (Å²) in [6.45, 7) is 2.28. The molecule has 1 aromatic carbocycles. The van der Waals surface area contributed by atoms with Crippen molar-refractivity contribution < 1.29 is 0 Å². The van der Waals surface area contributed by atoms with Crippen LogP contribution in [0.5, 0.6) is 0 Å². The monoisotopic (exact) mass is 326 g/mol. The van der Waals surface area contributed by atoms with E-state index < -0.39 is 0 Å². The third kappa shape index (κ3) is 10.3. The molecule has 0 fully saturated rings. The van der Waals surface area contributed by atoms with Gasteiger partial charge in [0, 0.05) is 5.75 Å². The second-order valence-corrected chi connectivity index (χ2v) is 7.16. The van der Waals surface area contributed by atoms with Crippen molar-refractivity contribution in [3.8, 4) is 0 Å². The summed E-state index contributed by atoms with van der Waals surface area (Å²) in [5.41, 5.74) is 2.79. The highest BCUT2D eigenvalue weighted by Crippen LogP contribution is 2.17. The molecule has 120 valence electrons. The van der Waals surface area contributed by atoms with Gasteiger partial charge in [0.2, 0.25) is 0 Å². The molecular weight excluding hydrogens is 296 g/mol. The van der Waals surface area contributed by atoms with Gasteiger partial charge in [-0.25, -0.2) is 0 Å². The van der Waals surface area contributed by atoms with Crippen molar-refractivity contribution in [3.05, 3.63) is 35.4 Å². The summed E-state index contributed by atoms with van der Waals surface area (Å²) in [6, 6.07) is 8.94. The Morgan fingerprint density at radius 3 is 1.71 bits per heavy atom. The molecule has 21 heavy (non-hydrogen) atoms. The highest BCUT2D eigenvalue weighted by atomic mass is 35.7. The van der Waals surface area contributed by atoms with E-state index in [2.05, 4.69) is 31.2 Å². The van der Waals surface area contributed by atoms with Crippen LogP contribution in [-0.4, -0.2) is 0 Å². The van der Waals surface area contributed by atoms with Crippen molar-refractivity contribution in [1.82, 2.24) is 0 Å². The Hall–Kier alpha value is -0.140. The fraction of sp³-hybridized carbons (Fsp3) is 0.684. The molecule has 0 atom stereocenters. The molecule has 0 aliphatic heterocycles. The molecule has 2 heteroatoms. The number of hydrogen-bond acceptors (Lipinski definition) is 1. The predicted octanol–water partition coefficient (Wildman–Crippen LogP) is 7.54. The van der Waals surface area contributed by atoms with Crippen LogP contribution < -0.4 is 0 Å². The molecule has 0 bridgehead atoms. The van der Waals surface area contributed by atoms with E-state index in [9.17, 15) is 0 Å². The zero-order valence-corrected chi connectivity index (χ0v) is 15.2. The average Bonchev–Trinajstić information content (AvgIpc) is 2.51. The molecule has 1 rings (SSSR count). The molecule has 0 aliphatic rings. The minimum absolute atomic E-state index is 0.903. The molecule has 0 aliphatic carbocycles. The fourth-order valence-corrected chi connectivity index (χ4v) is 3.38. The van der Waals surface area contributed by atoms with Crippen LogP contribution in [0.2, 0.25) is 0 Å². The van der Waals surface area contributed by atoms with Crippen molar-refractivity contribution >= 4 is 21.7 Å². The Bertz CT molecular complexity index is 334. The summed E-state index contributed by atoms with van der Waals surface area (Å²) in [7, 11) is 7.04. The standard InChI is InChI=1S/C19H31ClS/c1-2-3-4-5-6-7-8-9-10-11-12-18-13-15-19(16-14-18)17-21-20/h13-16H,2-12,17H2,1H3. The largest absolute Gasteiger partial charge is 0.0654 e. The zero-order chi connectivity index (χ0) is 15.2. The number of benzene rings is 1. The number of rotatable bonds is 13. The molecule has 1 aromatic rings. The molecule has 0 saturated heterocycles. The van der Waals surface area contributed by atoms with E-state index in [0.717, 1.165) is 5.75 Å². The third-order valence-corrected chi connectivity index (χ3v) is 4.83. The van der Waals surface area contributed by atoms with Crippen molar-refractivity contribution in [2.75, 3.05) is 0 Å². The molecular formula is C19H31ClS. The summed E-state index contributed by atoms with van der Waals surface area (Å²) >= 11 is 0. The number of halogens is 1. The highest BCUT2D eigenvalue weighted by Gasteiger charge is 1.96. The van der Waals surface area contributed by atoms with Crippen LogP contribution in [0.4, 0.5) is 0 Å². The van der Waals surface area contributed by atoms with Crippen LogP contribution in [0.15, 0.2) is 24.3 Å². The summed E-state index contributed by atoms with van der Waals surface area (Å²) in [4.78, 5) is 0. The highest BCUT2D eigenvalue weighted by molar-refractivity contribution is 8.20. The predicted molar refractivity (Wildman–Crippen MR) is 99.1 cm³/mol. The first kappa shape index (κ1) is 18.9. The first-order chi connectivity index (χ1) is 10.4. The molecule has 0 N–H and O–H groups in total. The van der Waals surface area contributed by atoms with Gasteiger partial charge in [-0.15, -0.1) is 0 Å². The van der Waals surface area contributed by atoms with Crippen LogP contribution in [-0.2, 0) is 12.2 Å².